The zero-order chi connectivity index (χ0) is 54.5. The van der Waals surface area contributed by atoms with Crippen LogP contribution < -0.4 is 0 Å². The van der Waals surface area contributed by atoms with E-state index in [1.165, 1.54) is 0 Å². The van der Waals surface area contributed by atoms with E-state index in [1.807, 2.05) is 74.5 Å². The first-order valence-corrected chi connectivity index (χ1v) is 31.5. The summed E-state index contributed by atoms with van der Waals surface area (Å²) in [5, 5.41) is 84.3. The summed E-state index contributed by atoms with van der Waals surface area (Å²) in [6, 6.07) is 18.7. The Morgan fingerprint density at radius 1 is 0.727 bits per heavy atom. The van der Waals surface area contributed by atoms with Crippen molar-refractivity contribution in [2.24, 2.45) is 11.8 Å². The topological polar surface area (TPSA) is 430 Å². The van der Waals surface area contributed by atoms with Crippen LogP contribution in [0, 0.1) is 55.9 Å². The molecule has 6 saturated heterocycles. The largest absolute Gasteiger partial charge is 0.412 e. The molecule has 6 fully saturated rings. The number of ether oxygens (including phenoxy) is 4. The van der Waals surface area contributed by atoms with E-state index in [0.29, 0.717) is 11.5 Å². The normalized spacial score (nSPS) is 35.2. The van der Waals surface area contributed by atoms with Crippen LogP contribution in [0.5, 0.6) is 0 Å². The third kappa shape index (κ3) is 22.5. The van der Waals surface area contributed by atoms with Crippen molar-refractivity contribution in [1.82, 2.24) is 0 Å². The molecule has 26 nitrogen and oxygen atoms in total. The summed E-state index contributed by atoms with van der Waals surface area (Å²) < 4.78 is 124. The molecule has 0 aromatic heterocycles. The Hall–Kier alpha value is -0.0184. The Labute approximate surface area is 495 Å². The second-order valence-electron chi connectivity index (χ2n) is 17.9. The predicted molar refractivity (Wildman–Crippen MR) is 278 cm³/mol. The molecule has 0 amide bonds. The number of aliphatic hydroxyl groups excluding tert-OH is 9. The standard InChI is InChI=1S/C17H24O8S2.C11H12O6S.C9H18O9S2.C6H12O2S.CH4.Ac.H2O/c1-11-13(19)9-26(16(11)7-18)10-15-14(25-27(20,21)22)8-23-17(24-15)12-5-3-2-4-6-12;12-18(13)15-7-9-10(17-18)6-14-11(16-9)8-4-2-1-3-5-8;10-1-7(18-20(15,16)17)5(12)3-19-4-6(13)9(14)8(19)2-11;1-4-5(8)3-9-6(4)2-7;;;/h2-6,11,13-19H,7-10H2,1H3;1-5,9-11H,6-7H2;5-14H,1-4H2;4-8H,2-3H2,1H3;1H4;;1H2/p+2/t11-,13+,14-,15+,16+,17?,26?;9-,10+,11?;5-,6-,7+,8-,9+,19?;4-,5+,6+;;;/m0110.../s1. The molecule has 0 aliphatic carbocycles. The monoisotopic (exact) mass is 1440 g/mol. The van der Waals surface area contributed by atoms with Crippen LogP contribution >= 0.6 is 11.8 Å². The van der Waals surface area contributed by atoms with Crippen LogP contribution in [0.1, 0.15) is 45.0 Å². The van der Waals surface area contributed by atoms with Crippen LogP contribution in [-0.2, 0) is 88.7 Å². The smallest absolute Gasteiger partial charge is 0.400 e. The van der Waals surface area contributed by atoms with Crippen LogP contribution in [0.25, 0.3) is 0 Å². The van der Waals surface area contributed by atoms with E-state index >= 15 is 0 Å². The van der Waals surface area contributed by atoms with Gasteiger partial charge in [0.15, 0.2) is 17.8 Å². The SMILES string of the molecule is C.C[C@H]1[C@H](O)CS[C@@H]1CO.C[C@H]1[C@H](O)C[S+](C[C@H]2OC(c3ccccc3)OC[C@@H]2OS(=O)(=O)O)[C@@H]1CO.O.O=S(=O)(O)O[C@@H](CO)[C@H](O)C[S+]1C[C@@H](O)[C@H](O)[C@H]1CO.O=S1(=O)OC[C@H]2OC(c3ccccc3)OC[C@@H]2O1.[Ac]. The molecule has 2 aromatic carbocycles. The molecule has 19 atom stereocenters. The van der Waals surface area contributed by atoms with Crippen molar-refractivity contribution >= 4 is 64.7 Å². The minimum Gasteiger partial charge on any atom is -0.412 e. The van der Waals surface area contributed by atoms with Gasteiger partial charge in [-0.25, -0.2) is 16.7 Å². The van der Waals surface area contributed by atoms with Crippen LogP contribution in [-0.4, -0.2) is 238 Å². The molecule has 1 radical (unpaired) electrons. The maximum absolute atomic E-state index is 11.2. The summed E-state index contributed by atoms with van der Waals surface area (Å²) in [5.41, 5.74) is 1.67. The molecule has 2 aromatic rings. The summed E-state index contributed by atoms with van der Waals surface area (Å²) in [6.07, 6.45) is -9.79. The fourth-order valence-corrected chi connectivity index (χ4v) is 17.3. The van der Waals surface area contributed by atoms with Crippen LogP contribution in [0.4, 0.5) is 0 Å². The van der Waals surface area contributed by atoms with Gasteiger partial charge < -0.3 is 70.4 Å². The molecule has 4 unspecified atom stereocenters. The molecular formula is C44H74AcO26S6+2. The molecule has 77 heavy (non-hydrogen) atoms. The quantitative estimate of drug-likeness (QED) is 0.0633. The Morgan fingerprint density at radius 3 is 1.78 bits per heavy atom. The Bertz CT molecular complexity index is 2320. The molecule has 0 spiro atoms. The average Bonchev–Trinajstić information content (AvgIpc) is 3.94. The van der Waals surface area contributed by atoms with E-state index in [4.69, 9.17) is 56.8 Å². The van der Waals surface area contributed by atoms with Gasteiger partial charge in [-0.15, -0.1) is 0 Å². The van der Waals surface area contributed by atoms with Gasteiger partial charge in [-0.05, 0) is 16.8 Å². The number of hydrogen-bond acceptors (Lipinski definition) is 24. The maximum Gasteiger partial charge on any atom is 0.400 e. The fraction of sp³-hybridized carbons (Fsp3) is 0.727. The minimum absolute atomic E-state index is 0. The zero-order valence-electron chi connectivity index (χ0n) is 41.2. The first-order valence-electron chi connectivity index (χ1n) is 23.2. The van der Waals surface area contributed by atoms with E-state index in [-0.39, 0.29) is 141 Å². The third-order valence-electron chi connectivity index (χ3n) is 12.7. The van der Waals surface area contributed by atoms with Gasteiger partial charge in [0.2, 0.25) is 0 Å². The Morgan fingerprint density at radius 2 is 1.29 bits per heavy atom. The van der Waals surface area contributed by atoms with Gasteiger partial charge in [0.25, 0.3) is 0 Å². The molecule has 6 aliphatic heterocycles. The number of thioether (sulfide) groups is 1. The van der Waals surface area contributed by atoms with Gasteiger partial charge in [0, 0.05) is 83.0 Å². The Kier molecular flexibility index (Phi) is 32.3. The van der Waals surface area contributed by atoms with Gasteiger partial charge in [-0.1, -0.05) is 81.9 Å². The maximum atomic E-state index is 11.2. The Balaban J connectivity index is 0.000000365. The van der Waals surface area contributed by atoms with Crippen molar-refractivity contribution in [2.75, 3.05) is 75.0 Å². The summed E-state index contributed by atoms with van der Waals surface area (Å²) in [4.78, 5) is 0. The van der Waals surface area contributed by atoms with E-state index in [0.717, 1.165) is 16.9 Å². The van der Waals surface area contributed by atoms with Crippen molar-refractivity contribution in [3.63, 3.8) is 0 Å². The predicted octanol–water partition coefficient (Wildman–Crippen LogP) is -2.82. The van der Waals surface area contributed by atoms with Crippen molar-refractivity contribution in [1.29, 1.82) is 0 Å². The fourth-order valence-electron chi connectivity index (χ4n) is 8.38. The minimum atomic E-state index is -4.82. The van der Waals surface area contributed by atoms with Crippen LogP contribution in [0.2, 0.25) is 0 Å². The number of benzene rings is 2. The molecule has 33 heteroatoms. The molecule has 13 N–H and O–H groups in total. The van der Waals surface area contributed by atoms with E-state index < -0.39 is 128 Å². The first kappa shape index (κ1) is 73.1. The van der Waals surface area contributed by atoms with Gasteiger partial charge in [-0.2, -0.15) is 37.0 Å². The molecule has 6 heterocycles. The number of hydrogen-bond donors (Lipinski definition) is 11. The first-order chi connectivity index (χ1) is 34.9. The molecule has 6 aliphatic rings. The second kappa shape index (κ2) is 34.1. The van der Waals surface area contributed by atoms with E-state index in [2.05, 4.69) is 8.37 Å². The van der Waals surface area contributed by atoms with Gasteiger partial charge in [-0.3, -0.25) is 9.11 Å². The number of fused-ring (bicyclic) bond motifs is 1. The zero-order valence-corrected chi connectivity index (χ0v) is 50.9. The molecular weight excluding hydrogens is 1360 g/mol. The van der Waals surface area contributed by atoms with Crippen molar-refractivity contribution in [3.05, 3.63) is 71.8 Å². The summed E-state index contributed by atoms with van der Waals surface area (Å²) in [6.45, 7) is 2.83. The molecule has 8 rings (SSSR count). The van der Waals surface area contributed by atoms with Gasteiger partial charge >= 0.3 is 31.2 Å². The number of aliphatic hydroxyl groups is 9. The van der Waals surface area contributed by atoms with Crippen molar-refractivity contribution in [3.8, 4) is 0 Å². The van der Waals surface area contributed by atoms with Crippen molar-refractivity contribution in [2.45, 2.75) is 111 Å². The van der Waals surface area contributed by atoms with Crippen LogP contribution in [0.15, 0.2) is 60.7 Å². The average molecular weight is 1440 g/mol. The van der Waals surface area contributed by atoms with Crippen LogP contribution in [0.3, 0.4) is 0 Å². The number of rotatable bonds is 15. The van der Waals surface area contributed by atoms with E-state index in [9.17, 15) is 50.8 Å². The summed E-state index contributed by atoms with van der Waals surface area (Å²) in [5.74, 6) is 1.98. The van der Waals surface area contributed by atoms with Gasteiger partial charge in [0.05, 0.1) is 52.4 Å². The van der Waals surface area contributed by atoms with E-state index in [1.54, 1.807) is 11.8 Å². The molecule has 443 valence electrons. The summed E-state index contributed by atoms with van der Waals surface area (Å²) in [7, 11) is -14.5. The molecule has 0 saturated carbocycles. The third-order valence-corrected chi connectivity index (χ3v) is 21.9. The summed E-state index contributed by atoms with van der Waals surface area (Å²) >= 11 is 1.66. The van der Waals surface area contributed by atoms with Crippen molar-refractivity contribution < 1.29 is 166 Å². The van der Waals surface area contributed by atoms with Gasteiger partial charge in [0.1, 0.15) is 83.2 Å². The molecule has 0 bridgehead atoms. The second-order valence-corrected chi connectivity index (χ2v) is 27.2.